The summed E-state index contributed by atoms with van der Waals surface area (Å²) in [7, 11) is 0. The summed E-state index contributed by atoms with van der Waals surface area (Å²) in [5.41, 5.74) is 8.68. The lowest BCUT2D eigenvalue weighted by Crippen LogP contribution is -2.14. The van der Waals surface area contributed by atoms with Crippen LogP contribution in [0.1, 0.15) is 35.7 Å². The molecule has 1 heterocycles. The van der Waals surface area contributed by atoms with Crippen molar-refractivity contribution in [2.24, 2.45) is 0 Å². The molecule has 0 bridgehead atoms. The molecule has 92 valence electrons. The van der Waals surface area contributed by atoms with E-state index in [-0.39, 0.29) is 0 Å². The molecule has 1 aromatic heterocycles. The second kappa shape index (κ2) is 4.84. The minimum atomic E-state index is 0.300. The SMILES string of the molecule is Nc1nc(C2CCCc3ccccc32)ncc1I. The largest absolute Gasteiger partial charge is 0.383 e. The highest BCUT2D eigenvalue weighted by atomic mass is 127. The summed E-state index contributed by atoms with van der Waals surface area (Å²) in [4.78, 5) is 8.92. The van der Waals surface area contributed by atoms with Gasteiger partial charge in [0.2, 0.25) is 0 Å². The molecular formula is C14H14IN3. The molecular weight excluding hydrogens is 337 g/mol. The van der Waals surface area contributed by atoms with E-state index in [9.17, 15) is 0 Å². The lowest BCUT2D eigenvalue weighted by atomic mass is 9.82. The molecule has 0 spiro atoms. The van der Waals surface area contributed by atoms with Crippen molar-refractivity contribution in [1.29, 1.82) is 0 Å². The zero-order valence-electron chi connectivity index (χ0n) is 9.94. The molecule has 4 heteroatoms. The van der Waals surface area contributed by atoms with Gasteiger partial charge in [-0.05, 0) is 53.0 Å². The van der Waals surface area contributed by atoms with Gasteiger partial charge in [0.15, 0.2) is 0 Å². The van der Waals surface area contributed by atoms with E-state index in [0.717, 1.165) is 22.2 Å². The number of aromatic nitrogens is 2. The Morgan fingerprint density at radius 2 is 2.11 bits per heavy atom. The molecule has 1 aliphatic rings. The van der Waals surface area contributed by atoms with Crippen LogP contribution < -0.4 is 5.73 Å². The number of nitrogens with zero attached hydrogens (tertiary/aromatic N) is 2. The molecule has 0 radical (unpaired) electrons. The van der Waals surface area contributed by atoms with E-state index in [1.807, 2.05) is 6.20 Å². The van der Waals surface area contributed by atoms with Crippen molar-refractivity contribution in [3.8, 4) is 0 Å². The number of nitrogen functional groups attached to an aromatic ring is 1. The number of rotatable bonds is 1. The minimum Gasteiger partial charge on any atom is -0.383 e. The highest BCUT2D eigenvalue weighted by Crippen LogP contribution is 2.35. The van der Waals surface area contributed by atoms with Crippen molar-refractivity contribution in [3.05, 3.63) is 51.0 Å². The van der Waals surface area contributed by atoms with Crippen molar-refractivity contribution in [2.45, 2.75) is 25.2 Å². The van der Waals surface area contributed by atoms with Crippen LogP contribution in [0.5, 0.6) is 0 Å². The van der Waals surface area contributed by atoms with Crippen LogP contribution in [0.15, 0.2) is 30.5 Å². The summed E-state index contributed by atoms with van der Waals surface area (Å²) in [5.74, 6) is 1.75. The van der Waals surface area contributed by atoms with Gasteiger partial charge < -0.3 is 5.73 Å². The number of nitrogens with two attached hydrogens (primary N) is 1. The molecule has 1 unspecified atom stereocenters. The van der Waals surface area contributed by atoms with Crippen LogP contribution in [0, 0.1) is 3.57 Å². The zero-order chi connectivity index (χ0) is 12.5. The van der Waals surface area contributed by atoms with Gasteiger partial charge in [0.25, 0.3) is 0 Å². The molecule has 0 fully saturated rings. The zero-order valence-corrected chi connectivity index (χ0v) is 12.1. The normalized spacial score (nSPS) is 18.4. The molecule has 2 aromatic rings. The molecule has 18 heavy (non-hydrogen) atoms. The van der Waals surface area contributed by atoms with Crippen LogP contribution >= 0.6 is 22.6 Å². The standard InChI is InChI=1S/C14H14IN3/c15-12-8-17-14(18-13(12)16)11-7-3-5-9-4-1-2-6-10(9)11/h1-2,4,6,8,11H,3,5,7H2,(H2,16,17,18). The number of hydrogen-bond acceptors (Lipinski definition) is 3. The van der Waals surface area contributed by atoms with E-state index in [1.165, 1.54) is 17.5 Å². The number of hydrogen-bond donors (Lipinski definition) is 1. The second-order valence-corrected chi connectivity index (χ2v) is 5.77. The van der Waals surface area contributed by atoms with E-state index >= 15 is 0 Å². The van der Waals surface area contributed by atoms with Gasteiger partial charge in [-0.3, -0.25) is 0 Å². The summed E-state index contributed by atoms with van der Waals surface area (Å²) < 4.78 is 0.917. The van der Waals surface area contributed by atoms with E-state index in [1.54, 1.807) is 0 Å². The van der Waals surface area contributed by atoms with Crippen molar-refractivity contribution < 1.29 is 0 Å². The fourth-order valence-corrected chi connectivity index (χ4v) is 2.84. The summed E-state index contributed by atoms with van der Waals surface area (Å²) in [6.45, 7) is 0. The molecule has 1 atom stereocenters. The van der Waals surface area contributed by atoms with Crippen LogP contribution in [-0.4, -0.2) is 9.97 Å². The summed E-state index contributed by atoms with van der Waals surface area (Å²) in [6.07, 6.45) is 5.27. The Bertz CT molecular complexity index is 583. The van der Waals surface area contributed by atoms with E-state index in [4.69, 9.17) is 5.73 Å². The predicted octanol–water partition coefficient (Wildman–Crippen LogP) is 3.13. The summed E-state index contributed by atoms with van der Waals surface area (Å²) in [5, 5.41) is 0. The first kappa shape index (κ1) is 11.9. The van der Waals surface area contributed by atoms with Crippen LogP contribution in [0.3, 0.4) is 0 Å². The topological polar surface area (TPSA) is 51.8 Å². The Morgan fingerprint density at radius 1 is 1.28 bits per heavy atom. The Balaban J connectivity index is 2.05. The van der Waals surface area contributed by atoms with Crippen LogP contribution in [0.2, 0.25) is 0 Å². The van der Waals surface area contributed by atoms with Gasteiger partial charge in [-0.15, -0.1) is 0 Å². The number of fused-ring (bicyclic) bond motifs is 1. The van der Waals surface area contributed by atoms with Gasteiger partial charge in [0, 0.05) is 12.1 Å². The van der Waals surface area contributed by atoms with E-state index in [0.29, 0.717) is 11.7 Å². The quantitative estimate of drug-likeness (QED) is 0.804. The van der Waals surface area contributed by atoms with Gasteiger partial charge in [-0.1, -0.05) is 24.3 Å². The Kier molecular flexibility index (Phi) is 3.20. The maximum absolute atomic E-state index is 5.89. The van der Waals surface area contributed by atoms with Gasteiger partial charge >= 0.3 is 0 Å². The van der Waals surface area contributed by atoms with Gasteiger partial charge in [0.05, 0.1) is 3.57 Å². The molecule has 1 aromatic carbocycles. The van der Waals surface area contributed by atoms with Crippen LogP contribution in [0.25, 0.3) is 0 Å². The highest BCUT2D eigenvalue weighted by molar-refractivity contribution is 14.1. The molecule has 3 rings (SSSR count). The Hall–Kier alpha value is -1.17. The van der Waals surface area contributed by atoms with E-state index in [2.05, 4.69) is 56.8 Å². The van der Waals surface area contributed by atoms with Crippen LogP contribution in [-0.2, 0) is 6.42 Å². The Morgan fingerprint density at radius 3 is 2.94 bits per heavy atom. The summed E-state index contributed by atoms with van der Waals surface area (Å²) in [6, 6.07) is 8.59. The van der Waals surface area contributed by atoms with Crippen molar-refractivity contribution in [1.82, 2.24) is 9.97 Å². The maximum atomic E-state index is 5.89. The third-order valence-electron chi connectivity index (χ3n) is 3.47. The third kappa shape index (κ3) is 2.09. The lowest BCUT2D eigenvalue weighted by molar-refractivity contribution is 0.590. The fourth-order valence-electron chi connectivity index (χ4n) is 2.58. The van der Waals surface area contributed by atoms with Crippen LogP contribution in [0.4, 0.5) is 5.82 Å². The lowest BCUT2D eigenvalue weighted by Gasteiger charge is -2.24. The van der Waals surface area contributed by atoms with Crippen molar-refractivity contribution in [3.63, 3.8) is 0 Å². The fraction of sp³-hybridized carbons (Fsp3) is 0.286. The summed E-state index contributed by atoms with van der Waals surface area (Å²) >= 11 is 2.16. The molecule has 0 aliphatic heterocycles. The number of anilines is 1. The maximum Gasteiger partial charge on any atom is 0.140 e. The molecule has 3 nitrogen and oxygen atoms in total. The Labute approximate surface area is 120 Å². The minimum absolute atomic E-state index is 0.300. The van der Waals surface area contributed by atoms with Gasteiger partial charge in [-0.2, -0.15) is 0 Å². The first-order valence-corrected chi connectivity index (χ1v) is 7.19. The van der Waals surface area contributed by atoms with Crippen molar-refractivity contribution >= 4 is 28.4 Å². The van der Waals surface area contributed by atoms with Crippen molar-refractivity contribution in [2.75, 3.05) is 5.73 Å². The number of benzene rings is 1. The average molecular weight is 351 g/mol. The van der Waals surface area contributed by atoms with E-state index < -0.39 is 0 Å². The smallest absolute Gasteiger partial charge is 0.140 e. The second-order valence-electron chi connectivity index (χ2n) is 4.61. The molecule has 0 saturated heterocycles. The number of halogens is 1. The predicted molar refractivity (Wildman–Crippen MR) is 80.4 cm³/mol. The average Bonchev–Trinajstić information content (AvgIpc) is 2.41. The van der Waals surface area contributed by atoms with Gasteiger partial charge in [-0.25, -0.2) is 9.97 Å². The number of aryl methyl sites for hydroxylation is 1. The molecule has 1 aliphatic carbocycles. The third-order valence-corrected chi connectivity index (χ3v) is 4.30. The highest BCUT2D eigenvalue weighted by Gasteiger charge is 2.23. The first-order valence-electron chi connectivity index (χ1n) is 6.11. The monoisotopic (exact) mass is 351 g/mol. The molecule has 0 amide bonds. The first-order chi connectivity index (χ1) is 8.75. The molecule has 0 saturated carbocycles. The molecule has 2 N–H and O–H groups in total. The van der Waals surface area contributed by atoms with Gasteiger partial charge in [0.1, 0.15) is 11.6 Å².